The Morgan fingerprint density at radius 1 is 1.32 bits per heavy atom. The lowest BCUT2D eigenvalue weighted by Crippen LogP contribution is -2.35. The smallest absolute Gasteiger partial charge is 0.120 e. The highest BCUT2D eigenvalue weighted by atomic mass is 79.9. The Morgan fingerprint density at radius 3 is 2.63 bits per heavy atom. The van der Waals surface area contributed by atoms with Crippen LogP contribution in [-0.2, 0) is 0 Å². The van der Waals surface area contributed by atoms with Gasteiger partial charge in [0.25, 0.3) is 0 Å². The lowest BCUT2D eigenvalue weighted by Gasteiger charge is -2.31. The van der Waals surface area contributed by atoms with Crippen LogP contribution in [0.1, 0.15) is 57.6 Å². The fraction of sp³-hybridized carbons (Fsp3) is 0.625. The van der Waals surface area contributed by atoms with Gasteiger partial charge in [-0.1, -0.05) is 29.8 Å². The van der Waals surface area contributed by atoms with Crippen molar-refractivity contribution in [3.05, 3.63) is 28.2 Å². The number of hydrogen-bond acceptors (Lipinski definition) is 2. The molecule has 0 aliphatic heterocycles. The van der Waals surface area contributed by atoms with Gasteiger partial charge in [0.05, 0.1) is 0 Å². The molecule has 19 heavy (non-hydrogen) atoms. The molecular weight excluding hydrogens is 302 g/mol. The second-order valence-electron chi connectivity index (χ2n) is 5.79. The number of benzene rings is 1. The topological polar surface area (TPSA) is 32.3 Å². The predicted octanol–water partition coefficient (Wildman–Crippen LogP) is 4.77. The molecule has 1 aliphatic rings. The highest BCUT2D eigenvalue weighted by Crippen LogP contribution is 2.32. The van der Waals surface area contributed by atoms with E-state index in [0.717, 1.165) is 22.4 Å². The minimum atomic E-state index is 0.246. The van der Waals surface area contributed by atoms with E-state index in [1.54, 1.807) is 6.07 Å². The van der Waals surface area contributed by atoms with E-state index in [-0.39, 0.29) is 6.04 Å². The largest absolute Gasteiger partial charge is 0.508 e. The molecule has 2 rings (SSSR count). The fourth-order valence-electron chi connectivity index (χ4n) is 2.94. The Hall–Kier alpha value is -0.540. The van der Waals surface area contributed by atoms with Crippen molar-refractivity contribution in [2.75, 3.05) is 0 Å². The fourth-order valence-corrected chi connectivity index (χ4v) is 3.32. The van der Waals surface area contributed by atoms with Gasteiger partial charge in [-0.15, -0.1) is 0 Å². The molecule has 0 spiro atoms. The molecule has 2 N–H and O–H groups in total. The molecule has 0 saturated heterocycles. The van der Waals surface area contributed by atoms with E-state index in [0.29, 0.717) is 11.8 Å². The van der Waals surface area contributed by atoms with Crippen LogP contribution in [0.2, 0.25) is 0 Å². The van der Waals surface area contributed by atoms with Gasteiger partial charge in [0.15, 0.2) is 0 Å². The Labute approximate surface area is 124 Å². The molecule has 1 aromatic carbocycles. The van der Waals surface area contributed by atoms with Gasteiger partial charge in [-0.2, -0.15) is 0 Å². The maximum absolute atomic E-state index is 10.0. The second-order valence-corrected chi connectivity index (χ2v) is 6.70. The Morgan fingerprint density at radius 2 is 2.00 bits per heavy atom. The summed E-state index contributed by atoms with van der Waals surface area (Å²) in [6.45, 7) is 4.51. The molecule has 3 heteroatoms. The number of phenols is 1. The first-order chi connectivity index (χ1) is 9.10. The van der Waals surface area contributed by atoms with Crippen LogP contribution in [0.5, 0.6) is 5.75 Å². The molecule has 1 unspecified atom stereocenters. The normalized spacial score (nSPS) is 25.2. The maximum atomic E-state index is 10.0. The summed E-state index contributed by atoms with van der Waals surface area (Å²) in [6, 6.07) is 6.53. The molecule has 0 aromatic heterocycles. The van der Waals surface area contributed by atoms with E-state index < -0.39 is 0 Å². The van der Waals surface area contributed by atoms with Crippen molar-refractivity contribution < 1.29 is 5.11 Å². The third kappa shape index (κ3) is 3.96. The zero-order valence-electron chi connectivity index (χ0n) is 11.8. The highest BCUT2D eigenvalue weighted by molar-refractivity contribution is 9.10. The van der Waals surface area contributed by atoms with Gasteiger partial charge in [-0.3, -0.25) is 0 Å². The van der Waals surface area contributed by atoms with Gasteiger partial charge in [-0.05, 0) is 56.2 Å². The van der Waals surface area contributed by atoms with Crippen LogP contribution in [0, 0.1) is 5.92 Å². The maximum Gasteiger partial charge on any atom is 0.120 e. The Kier molecular flexibility index (Phi) is 5.28. The van der Waals surface area contributed by atoms with Crippen molar-refractivity contribution >= 4 is 15.9 Å². The zero-order chi connectivity index (χ0) is 13.8. The van der Waals surface area contributed by atoms with Crippen LogP contribution in [0.3, 0.4) is 0 Å². The summed E-state index contributed by atoms with van der Waals surface area (Å²) in [5, 5.41) is 13.8. The zero-order valence-corrected chi connectivity index (χ0v) is 13.4. The average molecular weight is 326 g/mol. The van der Waals surface area contributed by atoms with Crippen LogP contribution < -0.4 is 5.32 Å². The van der Waals surface area contributed by atoms with Crippen molar-refractivity contribution in [1.29, 1.82) is 0 Å². The SMILES string of the molecule is CCC(NC1CCC(C)CC1)c1cc(Br)ccc1O. The monoisotopic (exact) mass is 325 g/mol. The molecule has 1 aliphatic carbocycles. The molecule has 0 bridgehead atoms. The van der Waals surface area contributed by atoms with Gasteiger partial charge in [0.2, 0.25) is 0 Å². The molecule has 106 valence electrons. The molecule has 0 amide bonds. The quantitative estimate of drug-likeness (QED) is 0.835. The minimum Gasteiger partial charge on any atom is -0.508 e. The predicted molar refractivity (Wildman–Crippen MR) is 83.4 cm³/mol. The number of aromatic hydroxyl groups is 1. The van der Waals surface area contributed by atoms with Crippen LogP contribution in [0.4, 0.5) is 0 Å². The molecule has 1 aromatic rings. The van der Waals surface area contributed by atoms with Gasteiger partial charge in [-0.25, -0.2) is 0 Å². The van der Waals surface area contributed by atoms with E-state index in [9.17, 15) is 5.11 Å². The van der Waals surface area contributed by atoms with Gasteiger partial charge in [0, 0.05) is 22.1 Å². The van der Waals surface area contributed by atoms with Crippen molar-refractivity contribution in [3.8, 4) is 5.75 Å². The third-order valence-electron chi connectivity index (χ3n) is 4.23. The van der Waals surface area contributed by atoms with Crippen molar-refractivity contribution in [3.63, 3.8) is 0 Å². The van der Waals surface area contributed by atoms with Crippen molar-refractivity contribution in [2.24, 2.45) is 5.92 Å². The van der Waals surface area contributed by atoms with Crippen LogP contribution >= 0.6 is 15.9 Å². The first-order valence-electron chi connectivity index (χ1n) is 7.34. The third-order valence-corrected chi connectivity index (χ3v) is 4.72. The summed E-state index contributed by atoms with van der Waals surface area (Å²) in [5.41, 5.74) is 1.01. The molecule has 1 saturated carbocycles. The first kappa shape index (κ1) is 14.9. The summed E-state index contributed by atoms with van der Waals surface area (Å²) >= 11 is 3.49. The van der Waals surface area contributed by atoms with Gasteiger partial charge in [0.1, 0.15) is 5.75 Å². The molecule has 2 nitrogen and oxygen atoms in total. The van der Waals surface area contributed by atoms with E-state index in [1.807, 2.05) is 12.1 Å². The molecule has 1 fully saturated rings. The second kappa shape index (κ2) is 6.76. The summed E-state index contributed by atoms with van der Waals surface area (Å²) in [5.74, 6) is 1.27. The number of halogens is 1. The average Bonchev–Trinajstić information content (AvgIpc) is 2.41. The number of hydrogen-bond donors (Lipinski definition) is 2. The number of nitrogens with one attached hydrogen (secondary N) is 1. The van der Waals surface area contributed by atoms with Gasteiger partial charge >= 0.3 is 0 Å². The Bertz CT molecular complexity index is 413. The summed E-state index contributed by atoms with van der Waals surface area (Å²) in [6.07, 6.45) is 6.14. The minimum absolute atomic E-state index is 0.246. The van der Waals surface area contributed by atoms with E-state index in [2.05, 4.69) is 35.1 Å². The highest BCUT2D eigenvalue weighted by Gasteiger charge is 2.22. The summed E-state index contributed by atoms with van der Waals surface area (Å²) < 4.78 is 1.03. The van der Waals surface area contributed by atoms with Crippen LogP contribution in [-0.4, -0.2) is 11.1 Å². The molecule has 0 heterocycles. The van der Waals surface area contributed by atoms with Gasteiger partial charge < -0.3 is 10.4 Å². The number of rotatable bonds is 4. The molecule has 0 radical (unpaired) electrons. The summed E-state index contributed by atoms with van der Waals surface area (Å²) in [4.78, 5) is 0. The van der Waals surface area contributed by atoms with Crippen LogP contribution in [0.25, 0.3) is 0 Å². The van der Waals surface area contributed by atoms with Crippen molar-refractivity contribution in [1.82, 2.24) is 5.32 Å². The lowest BCUT2D eigenvalue weighted by atomic mass is 9.86. The van der Waals surface area contributed by atoms with E-state index in [4.69, 9.17) is 0 Å². The number of phenolic OH excluding ortho intramolecular Hbond substituents is 1. The van der Waals surface area contributed by atoms with E-state index in [1.165, 1.54) is 25.7 Å². The molecular formula is C16H24BrNO. The standard InChI is InChI=1S/C16H24BrNO/c1-3-15(14-10-12(17)6-9-16(14)19)18-13-7-4-11(2)5-8-13/h6,9-11,13,15,18-19H,3-5,7-8H2,1-2H3. The molecule has 1 atom stereocenters. The first-order valence-corrected chi connectivity index (χ1v) is 8.14. The van der Waals surface area contributed by atoms with Crippen molar-refractivity contribution in [2.45, 2.75) is 58.0 Å². The van der Waals surface area contributed by atoms with E-state index >= 15 is 0 Å². The lowest BCUT2D eigenvalue weighted by molar-refractivity contribution is 0.282. The Balaban J connectivity index is 2.05. The summed E-state index contributed by atoms with van der Waals surface area (Å²) in [7, 11) is 0. The van der Waals surface area contributed by atoms with Crippen LogP contribution in [0.15, 0.2) is 22.7 Å².